The van der Waals surface area contributed by atoms with Crippen molar-refractivity contribution in [2.24, 2.45) is 5.73 Å². The van der Waals surface area contributed by atoms with E-state index in [1.165, 1.54) is 11.1 Å². The molecule has 0 saturated heterocycles. The Labute approximate surface area is 121 Å². The van der Waals surface area contributed by atoms with Gasteiger partial charge >= 0.3 is 0 Å². The highest BCUT2D eigenvalue weighted by Gasteiger charge is 2.18. The smallest absolute Gasteiger partial charge is 0.131 e. The molecule has 0 radical (unpaired) electrons. The normalized spacial score (nSPS) is 11.4. The van der Waals surface area contributed by atoms with Gasteiger partial charge < -0.3 is 10.5 Å². The molecular formula is C18H23NO. The van der Waals surface area contributed by atoms with E-state index < -0.39 is 0 Å². The van der Waals surface area contributed by atoms with Gasteiger partial charge in [0.15, 0.2) is 0 Å². The molecule has 2 aromatic carbocycles. The summed E-state index contributed by atoms with van der Waals surface area (Å²) in [6, 6.07) is 16.4. The van der Waals surface area contributed by atoms with Crippen molar-refractivity contribution in [1.82, 2.24) is 0 Å². The minimum Gasteiger partial charge on any atom is -0.457 e. The quantitative estimate of drug-likeness (QED) is 0.899. The number of hydrogen-bond acceptors (Lipinski definition) is 2. The molecule has 2 nitrogen and oxygen atoms in total. The third-order valence-corrected chi connectivity index (χ3v) is 3.25. The minimum absolute atomic E-state index is 0.0610. The van der Waals surface area contributed by atoms with Gasteiger partial charge in [0.1, 0.15) is 11.5 Å². The zero-order valence-electron chi connectivity index (χ0n) is 12.5. The van der Waals surface area contributed by atoms with Gasteiger partial charge in [0.25, 0.3) is 0 Å². The van der Waals surface area contributed by atoms with Crippen LogP contribution in [0.2, 0.25) is 0 Å². The highest BCUT2D eigenvalue weighted by atomic mass is 16.5. The first-order chi connectivity index (χ1) is 9.50. The number of benzene rings is 2. The van der Waals surface area contributed by atoms with Gasteiger partial charge in [-0.2, -0.15) is 0 Å². The van der Waals surface area contributed by atoms with E-state index in [4.69, 9.17) is 10.5 Å². The lowest BCUT2D eigenvalue weighted by Gasteiger charge is -2.22. The Morgan fingerprint density at radius 1 is 1.00 bits per heavy atom. The molecule has 0 unspecified atom stereocenters. The Hall–Kier alpha value is -1.80. The van der Waals surface area contributed by atoms with Crippen LogP contribution in [0.1, 0.15) is 31.9 Å². The van der Waals surface area contributed by atoms with Crippen molar-refractivity contribution in [2.45, 2.75) is 32.6 Å². The number of para-hydroxylation sites is 1. The second kappa shape index (κ2) is 6.10. The van der Waals surface area contributed by atoms with Crippen LogP contribution in [-0.4, -0.2) is 6.54 Å². The second-order valence-electron chi connectivity index (χ2n) is 6.03. The maximum atomic E-state index is 6.08. The second-order valence-corrected chi connectivity index (χ2v) is 6.03. The Bertz CT molecular complexity index is 570. The Kier molecular flexibility index (Phi) is 4.46. The SMILES string of the molecule is CC(C)(C)c1ccccc1Oc1cccc(CCN)c1. The van der Waals surface area contributed by atoms with Gasteiger partial charge in [-0.15, -0.1) is 0 Å². The predicted molar refractivity (Wildman–Crippen MR) is 84.4 cm³/mol. The van der Waals surface area contributed by atoms with Crippen LogP contribution in [0.15, 0.2) is 48.5 Å². The maximum absolute atomic E-state index is 6.08. The molecule has 0 amide bonds. The molecule has 20 heavy (non-hydrogen) atoms. The topological polar surface area (TPSA) is 35.2 Å². The Morgan fingerprint density at radius 3 is 2.45 bits per heavy atom. The van der Waals surface area contributed by atoms with Gasteiger partial charge in [-0.1, -0.05) is 51.1 Å². The van der Waals surface area contributed by atoms with Crippen LogP contribution in [0.3, 0.4) is 0 Å². The van der Waals surface area contributed by atoms with Crippen LogP contribution in [-0.2, 0) is 11.8 Å². The average Bonchev–Trinajstić information content (AvgIpc) is 2.39. The van der Waals surface area contributed by atoms with Gasteiger partial charge in [-0.3, -0.25) is 0 Å². The summed E-state index contributed by atoms with van der Waals surface area (Å²) in [5.41, 5.74) is 8.08. The van der Waals surface area contributed by atoms with E-state index in [-0.39, 0.29) is 5.41 Å². The van der Waals surface area contributed by atoms with Crippen LogP contribution >= 0.6 is 0 Å². The lowest BCUT2D eigenvalue weighted by atomic mass is 9.86. The molecule has 0 aliphatic heterocycles. The third-order valence-electron chi connectivity index (χ3n) is 3.25. The number of ether oxygens (including phenoxy) is 1. The zero-order valence-corrected chi connectivity index (χ0v) is 12.5. The van der Waals surface area contributed by atoms with Gasteiger partial charge in [0.2, 0.25) is 0 Å². The molecule has 2 N–H and O–H groups in total. The Balaban J connectivity index is 2.28. The van der Waals surface area contributed by atoms with E-state index in [9.17, 15) is 0 Å². The highest BCUT2D eigenvalue weighted by Crippen LogP contribution is 2.34. The van der Waals surface area contributed by atoms with Crippen molar-refractivity contribution in [3.8, 4) is 11.5 Å². The summed E-state index contributed by atoms with van der Waals surface area (Å²) in [6.45, 7) is 7.24. The van der Waals surface area contributed by atoms with Crippen LogP contribution in [0.4, 0.5) is 0 Å². The molecule has 0 aromatic heterocycles. The van der Waals surface area contributed by atoms with E-state index >= 15 is 0 Å². The first-order valence-electron chi connectivity index (χ1n) is 7.07. The first kappa shape index (κ1) is 14.6. The van der Waals surface area contributed by atoms with Crippen LogP contribution in [0, 0.1) is 0 Å². The molecule has 0 heterocycles. The fourth-order valence-corrected chi connectivity index (χ4v) is 2.23. The van der Waals surface area contributed by atoms with E-state index in [1.807, 2.05) is 24.3 Å². The number of nitrogens with two attached hydrogens (primary N) is 1. The molecule has 2 aromatic rings. The molecule has 2 heteroatoms. The van der Waals surface area contributed by atoms with Crippen LogP contribution in [0.5, 0.6) is 11.5 Å². The summed E-state index contributed by atoms with van der Waals surface area (Å²) in [7, 11) is 0. The van der Waals surface area contributed by atoms with E-state index in [0.717, 1.165) is 17.9 Å². The summed E-state index contributed by atoms with van der Waals surface area (Å²) in [4.78, 5) is 0. The number of rotatable bonds is 4. The van der Waals surface area contributed by atoms with Crippen molar-refractivity contribution < 1.29 is 4.74 Å². The molecular weight excluding hydrogens is 246 g/mol. The predicted octanol–water partition coefficient (Wildman–Crippen LogP) is 4.28. The maximum Gasteiger partial charge on any atom is 0.131 e. The third kappa shape index (κ3) is 3.61. The highest BCUT2D eigenvalue weighted by molar-refractivity contribution is 5.42. The van der Waals surface area contributed by atoms with E-state index in [0.29, 0.717) is 6.54 Å². The summed E-state index contributed by atoms with van der Waals surface area (Å²) in [5.74, 6) is 1.79. The molecule has 0 atom stereocenters. The lowest BCUT2D eigenvalue weighted by Crippen LogP contribution is -2.12. The summed E-state index contributed by atoms with van der Waals surface area (Å²) in [6.07, 6.45) is 0.873. The van der Waals surface area contributed by atoms with Gasteiger partial charge in [0, 0.05) is 5.56 Å². The summed E-state index contributed by atoms with van der Waals surface area (Å²) < 4.78 is 6.08. The zero-order chi connectivity index (χ0) is 14.6. The van der Waals surface area contributed by atoms with Gasteiger partial charge in [-0.05, 0) is 42.1 Å². The van der Waals surface area contributed by atoms with Crippen LogP contribution in [0.25, 0.3) is 0 Å². The monoisotopic (exact) mass is 269 g/mol. The van der Waals surface area contributed by atoms with Crippen molar-refractivity contribution in [1.29, 1.82) is 0 Å². The summed E-state index contributed by atoms with van der Waals surface area (Å²) >= 11 is 0. The molecule has 0 spiro atoms. The summed E-state index contributed by atoms with van der Waals surface area (Å²) in [5, 5.41) is 0. The van der Waals surface area contributed by atoms with Gasteiger partial charge in [0.05, 0.1) is 0 Å². The fourth-order valence-electron chi connectivity index (χ4n) is 2.23. The van der Waals surface area contributed by atoms with E-state index in [2.05, 4.69) is 45.0 Å². The standard InChI is InChI=1S/C18H23NO/c1-18(2,3)16-9-4-5-10-17(16)20-15-8-6-7-14(13-15)11-12-19/h4-10,13H,11-12,19H2,1-3H3. The van der Waals surface area contributed by atoms with Gasteiger partial charge in [-0.25, -0.2) is 0 Å². The van der Waals surface area contributed by atoms with Crippen molar-refractivity contribution in [2.75, 3.05) is 6.54 Å². The van der Waals surface area contributed by atoms with Crippen molar-refractivity contribution in [3.05, 3.63) is 59.7 Å². The fraction of sp³-hybridized carbons (Fsp3) is 0.333. The van der Waals surface area contributed by atoms with E-state index in [1.54, 1.807) is 0 Å². The molecule has 2 rings (SSSR count). The largest absolute Gasteiger partial charge is 0.457 e. The molecule has 0 aliphatic carbocycles. The molecule has 0 fully saturated rings. The van der Waals surface area contributed by atoms with Crippen molar-refractivity contribution in [3.63, 3.8) is 0 Å². The average molecular weight is 269 g/mol. The molecule has 0 saturated carbocycles. The lowest BCUT2D eigenvalue weighted by molar-refractivity contribution is 0.455. The first-order valence-corrected chi connectivity index (χ1v) is 7.07. The molecule has 0 aliphatic rings. The molecule has 0 bridgehead atoms. The van der Waals surface area contributed by atoms with Crippen molar-refractivity contribution >= 4 is 0 Å². The molecule has 106 valence electrons. The Morgan fingerprint density at radius 2 is 1.75 bits per heavy atom. The van der Waals surface area contributed by atoms with Crippen LogP contribution < -0.4 is 10.5 Å². The number of hydrogen-bond donors (Lipinski definition) is 1. The minimum atomic E-state index is 0.0610.